The Hall–Kier alpha value is -1.98. The summed E-state index contributed by atoms with van der Waals surface area (Å²) in [6.07, 6.45) is 1.98. The van der Waals surface area contributed by atoms with Crippen molar-refractivity contribution < 1.29 is 0 Å². The molecule has 1 atom stereocenters. The summed E-state index contributed by atoms with van der Waals surface area (Å²) < 4.78 is 2.34. The summed E-state index contributed by atoms with van der Waals surface area (Å²) >= 11 is 1.66. The highest BCUT2D eigenvalue weighted by Crippen LogP contribution is 2.31. The molecule has 0 fully saturated rings. The van der Waals surface area contributed by atoms with E-state index in [0.717, 1.165) is 31.2 Å². The molecule has 3 heterocycles. The Labute approximate surface area is 134 Å². The second-order valence-electron chi connectivity index (χ2n) is 5.74. The summed E-state index contributed by atoms with van der Waals surface area (Å²) in [7, 11) is 0. The maximum Gasteiger partial charge on any atom is 0.123 e. The van der Waals surface area contributed by atoms with Gasteiger partial charge >= 0.3 is 0 Å². The standard InChI is InChI=1S/C17H18N4S/c1-13-7-18-17-10-20(8-15-11-22-12-19-15)16(9-21(13)17)14-5-3-2-4-6-14/h2-7,11-12,16H,8-10H2,1H3/t16-/m1/s1. The molecule has 1 aliphatic rings. The number of benzene rings is 1. The van der Waals surface area contributed by atoms with Crippen molar-refractivity contribution in [1.29, 1.82) is 0 Å². The number of nitrogens with zero attached hydrogens (tertiary/aromatic N) is 4. The van der Waals surface area contributed by atoms with Gasteiger partial charge in [-0.2, -0.15) is 0 Å². The van der Waals surface area contributed by atoms with Crippen molar-refractivity contribution in [3.63, 3.8) is 0 Å². The van der Waals surface area contributed by atoms with Crippen LogP contribution >= 0.6 is 11.3 Å². The van der Waals surface area contributed by atoms with Gasteiger partial charge < -0.3 is 4.57 Å². The van der Waals surface area contributed by atoms with Crippen molar-refractivity contribution in [3.05, 3.63) is 70.2 Å². The van der Waals surface area contributed by atoms with E-state index in [0.29, 0.717) is 6.04 Å². The molecule has 0 aliphatic carbocycles. The first-order chi connectivity index (χ1) is 10.8. The van der Waals surface area contributed by atoms with E-state index >= 15 is 0 Å². The van der Waals surface area contributed by atoms with Gasteiger partial charge in [0.1, 0.15) is 5.82 Å². The highest BCUT2D eigenvalue weighted by Gasteiger charge is 2.29. The number of fused-ring (bicyclic) bond motifs is 1. The third-order valence-corrected chi connectivity index (χ3v) is 4.95. The van der Waals surface area contributed by atoms with Gasteiger partial charge in [0.25, 0.3) is 0 Å². The molecule has 0 amide bonds. The monoisotopic (exact) mass is 310 g/mol. The first-order valence-corrected chi connectivity index (χ1v) is 8.42. The lowest BCUT2D eigenvalue weighted by atomic mass is 10.0. The van der Waals surface area contributed by atoms with E-state index in [1.54, 1.807) is 11.3 Å². The largest absolute Gasteiger partial charge is 0.329 e. The van der Waals surface area contributed by atoms with Crippen LogP contribution in [0, 0.1) is 6.92 Å². The molecule has 112 valence electrons. The molecule has 1 aliphatic heterocycles. The fourth-order valence-corrected chi connectivity index (χ4v) is 3.70. The van der Waals surface area contributed by atoms with E-state index in [9.17, 15) is 0 Å². The van der Waals surface area contributed by atoms with Crippen molar-refractivity contribution in [2.24, 2.45) is 0 Å². The quantitative estimate of drug-likeness (QED) is 0.743. The van der Waals surface area contributed by atoms with Crippen LogP contribution in [-0.4, -0.2) is 19.4 Å². The van der Waals surface area contributed by atoms with Crippen LogP contribution in [0.25, 0.3) is 0 Å². The summed E-state index contributed by atoms with van der Waals surface area (Å²) in [5, 5.41) is 2.13. The van der Waals surface area contributed by atoms with Gasteiger partial charge in [-0.1, -0.05) is 30.3 Å². The first kappa shape index (κ1) is 13.7. The Balaban J connectivity index is 1.70. The first-order valence-electron chi connectivity index (χ1n) is 7.48. The number of aromatic nitrogens is 3. The number of imidazole rings is 1. The van der Waals surface area contributed by atoms with Crippen LogP contribution in [0.1, 0.15) is 28.8 Å². The Morgan fingerprint density at radius 2 is 2.09 bits per heavy atom. The average Bonchev–Trinajstić information content (AvgIpc) is 3.18. The van der Waals surface area contributed by atoms with E-state index in [1.807, 2.05) is 11.7 Å². The normalized spacial score (nSPS) is 18.3. The molecule has 3 aromatic rings. The van der Waals surface area contributed by atoms with E-state index in [-0.39, 0.29) is 0 Å². The molecule has 5 heteroatoms. The van der Waals surface area contributed by atoms with Gasteiger partial charge in [0.15, 0.2) is 0 Å². The zero-order valence-electron chi connectivity index (χ0n) is 12.5. The number of hydrogen-bond acceptors (Lipinski definition) is 4. The van der Waals surface area contributed by atoms with Crippen LogP contribution in [0.2, 0.25) is 0 Å². The molecular weight excluding hydrogens is 292 g/mol. The van der Waals surface area contributed by atoms with Crippen molar-refractivity contribution in [1.82, 2.24) is 19.4 Å². The third kappa shape index (κ3) is 2.46. The van der Waals surface area contributed by atoms with Crippen LogP contribution in [-0.2, 0) is 19.6 Å². The molecule has 0 saturated heterocycles. The van der Waals surface area contributed by atoms with Crippen LogP contribution < -0.4 is 0 Å². The molecular formula is C17H18N4S. The molecule has 1 aromatic carbocycles. The number of thiazole rings is 1. The minimum Gasteiger partial charge on any atom is -0.329 e. The Morgan fingerprint density at radius 3 is 2.86 bits per heavy atom. The smallest absolute Gasteiger partial charge is 0.123 e. The second-order valence-corrected chi connectivity index (χ2v) is 6.46. The topological polar surface area (TPSA) is 34.0 Å². The van der Waals surface area contributed by atoms with E-state index in [2.05, 4.69) is 62.1 Å². The molecule has 0 unspecified atom stereocenters. The van der Waals surface area contributed by atoms with E-state index in [1.165, 1.54) is 11.3 Å². The minimum absolute atomic E-state index is 0.364. The van der Waals surface area contributed by atoms with Gasteiger partial charge in [-0.15, -0.1) is 11.3 Å². The van der Waals surface area contributed by atoms with Crippen LogP contribution in [0.15, 0.2) is 47.4 Å². The molecule has 4 rings (SSSR count). The van der Waals surface area contributed by atoms with Gasteiger partial charge in [0.05, 0.1) is 23.8 Å². The summed E-state index contributed by atoms with van der Waals surface area (Å²) in [6, 6.07) is 11.1. The van der Waals surface area contributed by atoms with Crippen LogP contribution in [0.3, 0.4) is 0 Å². The highest BCUT2D eigenvalue weighted by atomic mass is 32.1. The van der Waals surface area contributed by atoms with E-state index in [4.69, 9.17) is 0 Å². The number of hydrogen-bond donors (Lipinski definition) is 0. The van der Waals surface area contributed by atoms with Crippen LogP contribution in [0.4, 0.5) is 0 Å². The predicted molar refractivity (Wildman–Crippen MR) is 87.5 cm³/mol. The lowest BCUT2D eigenvalue weighted by Gasteiger charge is -2.36. The predicted octanol–water partition coefficient (Wildman–Crippen LogP) is 3.41. The molecule has 22 heavy (non-hydrogen) atoms. The van der Waals surface area contributed by atoms with Gasteiger partial charge in [-0.3, -0.25) is 4.90 Å². The third-order valence-electron chi connectivity index (χ3n) is 4.31. The van der Waals surface area contributed by atoms with Crippen molar-refractivity contribution in [2.45, 2.75) is 32.6 Å². The Morgan fingerprint density at radius 1 is 1.23 bits per heavy atom. The number of aryl methyl sites for hydroxylation is 1. The molecule has 0 saturated carbocycles. The minimum atomic E-state index is 0.364. The van der Waals surface area contributed by atoms with Crippen molar-refractivity contribution in [3.8, 4) is 0 Å². The molecule has 0 radical (unpaired) electrons. The lowest BCUT2D eigenvalue weighted by Crippen LogP contribution is -2.37. The van der Waals surface area contributed by atoms with Gasteiger partial charge in [-0.25, -0.2) is 9.97 Å². The van der Waals surface area contributed by atoms with E-state index < -0.39 is 0 Å². The fourth-order valence-electron chi connectivity index (χ4n) is 3.15. The van der Waals surface area contributed by atoms with Crippen molar-refractivity contribution in [2.75, 3.05) is 0 Å². The molecule has 4 nitrogen and oxygen atoms in total. The molecule has 2 aromatic heterocycles. The zero-order chi connectivity index (χ0) is 14.9. The van der Waals surface area contributed by atoms with Gasteiger partial charge in [-0.05, 0) is 12.5 Å². The summed E-state index contributed by atoms with van der Waals surface area (Å²) in [4.78, 5) is 11.5. The highest BCUT2D eigenvalue weighted by molar-refractivity contribution is 7.07. The molecule has 0 spiro atoms. The maximum absolute atomic E-state index is 4.57. The summed E-state index contributed by atoms with van der Waals surface area (Å²) in [5.74, 6) is 1.15. The Bertz CT molecular complexity index is 748. The number of rotatable bonds is 3. The lowest BCUT2D eigenvalue weighted by molar-refractivity contribution is 0.126. The van der Waals surface area contributed by atoms with Gasteiger partial charge in [0, 0.05) is 30.4 Å². The molecule has 0 bridgehead atoms. The second kappa shape index (κ2) is 5.66. The summed E-state index contributed by atoms with van der Waals surface area (Å²) in [5.41, 5.74) is 5.64. The molecule has 0 N–H and O–H groups in total. The zero-order valence-corrected chi connectivity index (χ0v) is 13.3. The van der Waals surface area contributed by atoms with Gasteiger partial charge in [0.2, 0.25) is 0 Å². The van der Waals surface area contributed by atoms with Crippen LogP contribution in [0.5, 0.6) is 0 Å². The fraction of sp³-hybridized carbons (Fsp3) is 0.294. The van der Waals surface area contributed by atoms with Crippen molar-refractivity contribution >= 4 is 11.3 Å². The SMILES string of the molecule is Cc1cnc2n1C[C@H](c1ccccc1)N(Cc1cscn1)C2. The Kier molecular flexibility index (Phi) is 3.52. The average molecular weight is 310 g/mol. The summed E-state index contributed by atoms with van der Waals surface area (Å²) in [6.45, 7) is 4.82. The maximum atomic E-state index is 4.57.